The molecular weight excluding hydrogens is 224 g/mol. The van der Waals surface area contributed by atoms with Gasteiger partial charge in [-0.1, -0.05) is 11.8 Å². The molecule has 0 aliphatic heterocycles. The highest BCUT2D eigenvalue weighted by molar-refractivity contribution is 7.99. The van der Waals surface area contributed by atoms with Gasteiger partial charge in [0.15, 0.2) is 5.16 Å². The van der Waals surface area contributed by atoms with Gasteiger partial charge >= 0.3 is 5.69 Å². The SMILES string of the molecule is N#CCCCCSc1n[nH]c(=O)n1C1CC1. The fourth-order valence-electron chi connectivity index (χ4n) is 1.52. The molecule has 0 aromatic carbocycles. The second-order valence-corrected chi connectivity index (χ2v) is 4.94. The van der Waals surface area contributed by atoms with Crippen LogP contribution in [0, 0.1) is 11.3 Å². The molecule has 86 valence electrons. The van der Waals surface area contributed by atoms with E-state index in [1.165, 1.54) is 0 Å². The van der Waals surface area contributed by atoms with Crippen LogP contribution < -0.4 is 5.69 Å². The maximum Gasteiger partial charge on any atom is 0.344 e. The van der Waals surface area contributed by atoms with Crippen molar-refractivity contribution < 1.29 is 0 Å². The second kappa shape index (κ2) is 5.21. The quantitative estimate of drug-likeness (QED) is 0.604. The van der Waals surface area contributed by atoms with Gasteiger partial charge in [0.2, 0.25) is 0 Å². The fourth-order valence-corrected chi connectivity index (χ4v) is 2.53. The molecule has 2 rings (SSSR count). The first-order valence-electron chi connectivity index (χ1n) is 5.49. The number of hydrogen-bond donors (Lipinski definition) is 1. The molecule has 1 aromatic heterocycles. The van der Waals surface area contributed by atoms with Crippen molar-refractivity contribution in [3.05, 3.63) is 10.5 Å². The van der Waals surface area contributed by atoms with Crippen molar-refractivity contribution in [1.82, 2.24) is 14.8 Å². The zero-order chi connectivity index (χ0) is 11.4. The Morgan fingerprint density at radius 2 is 2.38 bits per heavy atom. The third kappa shape index (κ3) is 2.67. The molecule has 1 fully saturated rings. The maximum atomic E-state index is 11.4. The number of aromatic nitrogens is 3. The summed E-state index contributed by atoms with van der Waals surface area (Å²) < 4.78 is 1.76. The molecule has 0 saturated heterocycles. The Balaban J connectivity index is 1.85. The van der Waals surface area contributed by atoms with Crippen LogP contribution in [0.3, 0.4) is 0 Å². The lowest BCUT2D eigenvalue weighted by Crippen LogP contribution is -2.16. The van der Waals surface area contributed by atoms with Crippen molar-refractivity contribution >= 4 is 11.8 Å². The number of nitriles is 1. The van der Waals surface area contributed by atoms with E-state index >= 15 is 0 Å². The highest BCUT2D eigenvalue weighted by Crippen LogP contribution is 2.36. The summed E-state index contributed by atoms with van der Waals surface area (Å²) in [6.07, 6.45) is 4.69. The van der Waals surface area contributed by atoms with E-state index in [1.54, 1.807) is 16.3 Å². The Bertz CT molecular complexity index is 440. The summed E-state index contributed by atoms with van der Waals surface area (Å²) in [5.41, 5.74) is -0.0953. The Morgan fingerprint density at radius 3 is 3.06 bits per heavy atom. The van der Waals surface area contributed by atoms with E-state index in [1.807, 2.05) is 0 Å². The van der Waals surface area contributed by atoms with Gasteiger partial charge in [-0.2, -0.15) is 5.26 Å². The zero-order valence-corrected chi connectivity index (χ0v) is 9.79. The first kappa shape index (κ1) is 11.3. The topological polar surface area (TPSA) is 74.5 Å². The van der Waals surface area contributed by atoms with Crippen LogP contribution in [0.15, 0.2) is 9.95 Å². The fraction of sp³-hybridized carbons (Fsp3) is 0.700. The molecule has 1 aliphatic carbocycles. The number of nitrogens with zero attached hydrogens (tertiary/aromatic N) is 3. The molecule has 1 N–H and O–H groups in total. The molecule has 0 amide bonds. The van der Waals surface area contributed by atoms with E-state index in [0.717, 1.165) is 36.6 Å². The minimum absolute atomic E-state index is 0.0953. The largest absolute Gasteiger partial charge is 0.344 e. The van der Waals surface area contributed by atoms with Crippen molar-refractivity contribution in [2.75, 3.05) is 5.75 Å². The minimum atomic E-state index is -0.0953. The predicted molar refractivity (Wildman–Crippen MR) is 61.3 cm³/mol. The first-order valence-corrected chi connectivity index (χ1v) is 6.48. The van der Waals surface area contributed by atoms with Gasteiger partial charge in [0, 0.05) is 18.2 Å². The highest BCUT2D eigenvalue weighted by Gasteiger charge is 2.28. The van der Waals surface area contributed by atoms with Gasteiger partial charge in [0.1, 0.15) is 0 Å². The molecule has 1 aliphatic rings. The molecule has 5 nitrogen and oxygen atoms in total. The molecular formula is C10H14N4OS. The highest BCUT2D eigenvalue weighted by atomic mass is 32.2. The number of nitrogens with one attached hydrogen (secondary N) is 1. The van der Waals surface area contributed by atoms with Crippen LogP contribution in [0.1, 0.15) is 38.1 Å². The summed E-state index contributed by atoms with van der Waals surface area (Å²) >= 11 is 1.60. The van der Waals surface area contributed by atoms with Crippen LogP contribution in [0.2, 0.25) is 0 Å². The van der Waals surface area contributed by atoms with Gasteiger partial charge in [0.05, 0.1) is 6.07 Å². The third-order valence-electron chi connectivity index (χ3n) is 2.50. The van der Waals surface area contributed by atoms with Crippen molar-refractivity contribution in [2.45, 2.75) is 43.3 Å². The van der Waals surface area contributed by atoms with Gasteiger partial charge < -0.3 is 0 Å². The lowest BCUT2D eigenvalue weighted by molar-refractivity contribution is 0.642. The molecule has 0 spiro atoms. The standard InChI is InChI=1S/C10H14N4OS/c11-6-2-1-3-7-16-10-13-12-9(15)14(10)8-4-5-8/h8H,1-5,7H2,(H,12,15). The van der Waals surface area contributed by atoms with Crippen LogP contribution in [-0.2, 0) is 0 Å². The Kier molecular flexibility index (Phi) is 3.67. The number of thioether (sulfide) groups is 1. The molecule has 1 heterocycles. The van der Waals surface area contributed by atoms with Crippen LogP contribution in [0.25, 0.3) is 0 Å². The lowest BCUT2D eigenvalue weighted by atomic mass is 10.3. The summed E-state index contributed by atoms with van der Waals surface area (Å²) in [7, 11) is 0. The van der Waals surface area contributed by atoms with E-state index in [4.69, 9.17) is 5.26 Å². The van der Waals surface area contributed by atoms with Crippen molar-refractivity contribution in [3.8, 4) is 6.07 Å². The maximum absolute atomic E-state index is 11.4. The number of unbranched alkanes of at least 4 members (excludes halogenated alkanes) is 2. The average Bonchev–Trinajstić information content (AvgIpc) is 3.04. The first-order chi connectivity index (χ1) is 7.83. The molecule has 0 unspecified atom stereocenters. The van der Waals surface area contributed by atoms with Gasteiger partial charge in [0.25, 0.3) is 0 Å². The third-order valence-corrected chi connectivity index (χ3v) is 3.54. The van der Waals surface area contributed by atoms with Crippen LogP contribution >= 0.6 is 11.8 Å². The molecule has 0 atom stereocenters. The number of rotatable bonds is 6. The number of aromatic amines is 1. The molecule has 0 radical (unpaired) electrons. The van der Waals surface area contributed by atoms with E-state index in [-0.39, 0.29) is 5.69 Å². The average molecular weight is 238 g/mol. The van der Waals surface area contributed by atoms with Gasteiger partial charge in [-0.25, -0.2) is 9.89 Å². The zero-order valence-electron chi connectivity index (χ0n) is 8.98. The predicted octanol–water partition coefficient (Wildman–Crippen LogP) is 1.69. The minimum Gasteiger partial charge on any atom is -0.267 e. The Labute approximate surface area is 97.8 Å². The Hall–Kier alpha value is -1.22. The second-order valence-electron chi connectivity index (χ2n) is 3.88. The van der Waals surface area contributed by atoms with E-state index in [0.29, 0.717) is 12.5 Å². The lowest BCUT2D eigenvalue weighted by Gasteiger charge is -2.02. The van der Waals surface area contributed by atoms with Crippen molar-refractivity contribution in [1.29, 1.82) is 5.26 Å². The normalized spacial score (nSPS) is 14.9. The van der Waals surface area contributed by atoms with Gasteiger partial charge in [-0.3, -0.25) is 4.57 Å². The molecule has 1 saturated carbocycles. The van der Waals surface area contributed by atoms with Crippen LogP contribution in [0.5, 0.6) is 0 Å². The molecule has 1 aromatic rings. The summed E-state index contributed by atoms with van der Waals surface area (Å²) in [6.45, 7) is 0. The number of H-pyrrole nitrogens is 1. The Morgan fingerprint density at radius 1 is 1.56 bits per heavy atom. The molecule has 6 heteroatoms. The summed E-state index contributed by atoms with van der Waals surface area (Å²) in [5, 5.41) is 15.7. The van der Waals surface area contributed by atoms with Crippen molar-refractivity contribution in [3.63, 3.8) is 0 Å². The molecule has 0 bridgehead atoms. The monoisotopic (exact) mass is 238 g/mol. The number of hydrogen-bond acceptors (Lipinski definition) is 4. The van der Waals surface area contributed by atoms with E-state index in [2.05, 4.69) is 16.3 Å². The van der Waals surface area contributed by atoms with Crippen LogP contribution in [0.4, 0.5) is 0 Å². The summed E-state index contributed by atoms with van der Waals surface area (Å²) in [5.74, 6) is 0.915. The van der Waals surface area contributed by atoms with E-state index < -0.39 is 0 Å². The van der Waals surface area contributed by atoms with Crippen LogP contribution in [-0.4, -0.2) is 20.5 Å². The molecule has 16 heavy (non-hydrogen) atoms. The smallest absolute Gasteiger partial charge is 0.267 e. The van der Waals surface area contributed by atoms with Gasteiger partial charge in [-0.15, -0.1) is 5.10 Å². The van der Waals surface area contributed by atoms with Gasteiger partial charge in [-0.05, 0) is 25.7 Å². The van der Waals surface area contributed by atoms with E-state index in [9.17, 15) is 4.79 Å². The van der Waals surface area contributed by atoms with Crippen molar-refractivity contribution in [2.24, 2.45) is 0 Å². The summed E-state index contributed by atoms with van der Waals surface area (Å²) in [4.78, 5) is 11.4. The summed E-state index contributed by atoms with van der Waals surface area (Å²) in [6, 6.07) is 2.49.